The molecular weight excluding hydrogens is 278 g/mol. The van der Waals surface area contributed by atoms with E-state index in [1.54, 1.807) is 0 Å². The minimum Gasteiger partial charge on any atom is -0.481 e. The molecule has 0 radical (unpaired) electrons. The summed E-state index contributed by atoms with van der Waals surface area (Å²) in [7, 11) is 0. The molecule has 0 aliphatic heterocycles. The molecule has 3 atom stereocenters. The van der Waals surface area contributed by atoms with Crippen molar-refractivity contribution in [2.75, 3.05) is 0 Å². The largest absolute Gasteiger partial charge is 0.481 e. The monoisotopic (exact) mass is 303 g/mol. The quantitative estimate of drug-likeness (QED) is 0.346. The molecule has 0 rings (SSSR count). The van der Waals surface area contributed by atoms with Gasteiger partial charge in [-0.05, 0) is 18.8 Å². The summed E-state index contributed by atoms with van der Waals surface area (Å²) >= 11 is 0. The van der Waals surface area contributed by atoms with E-state index < -0.39 is 42.4 Å². The van der Waals surface area contributed by atoms with Crippen molar-refractivity contribution in [3.63, 3.8) is 0 Å². The third-order valence-electron chi connectivity index (χ3n) is 2.94. The summed E-state index contributed by atoms with van der Waals surface area (Å²) in [5.74, 6) is -2.08. The molecule has 0 spiro atoms. The molecule has 8 nitrogen and oxygen atoms in total. The maximum Gasteiger partial charge on any atom is 0.306 e. The van der Waals surface area contributed by atoms with Gasteiger partial charge in [0.1, 0.15) is 0 Å². The number of hydrogen-bond acceptors (Lipinski definition) is 5. The van der Waals surface area contributed by atoms with E-state index in [0.29, 0.717) is 6.42 Å². The van der Waals surface area contributed by atoms with Crippen LogP contribution in [0.25, 0.3) is 0 Å². The molecule has 122 valence electrons. The third kappa shape index (κ3) is 8.98. The number of aliphatic hydroxyl groups is 1. The van der Waals surface area contributed by atoms with Crippen molar-refractivity contribution >= 4 is 17.8 Å². The Morgan fingerprint density at radius 1 is 1.24 bits per heavy atom. The zero-order valence-corrected chi connectivity index (χ0v) is 12.4. The number of carboxylic acids is 1. The summed E-state index contributed by atoms with van der Waals surface area (Å²) in [5, 5.41) is 21.1. The Balaban J connectivity index is 4.60. The van der Waals surface area contributed by atoms with Crippen LogP contribution in [0.4, 0.5) is 0 Å². The van der Waals surface area contributed by atoms with Crippen molar-refractivity contribution in [2.45, 2.75) is 57.7 Å². The fourth-order valence-corrected chi connectivity index (χ4v) is 1.86. The summed E-state index contributed by atoms with van der Waals surface area (Å²) < 4.78 is 0. The second-order valence-electron chi connectivity index (χ2n) is 5.52. The molecule has 0 saturated carbocycles. The summed E-state index contributed by atoms with van der Waals surface area (Å²) in [6.45, 7) is 3.78. The van der Waals surface area contributed by atoms with Crippen molar-refractivity contribution < 1.29 is 24.6 Å². The summed E-state index contributed by atoms with van der Waals surface area (Å²) in [4.78, 5) is 33.2. The number of primary amides is 1. The number of amides is 2. The predicted molar refractivity (Wildman–Crippen MR) is 76.0 cm³/mol. The van der Waals surface area contributed by atoms with Crippen LogP contribution >= 0.6 is 0 Å². The molecule has 0 heterocycles. The van der Waals surface area contributed by atoms with E-state index in [2.05, 4.69) is 5.32 Å². The lowest BCUT2D eigenvalue weighted by Gasteiger charge is -2.26. The zero-order chi connectivity index (χ0) is 16.6. The summed E-state index contributed by atoms with van der Waals surface area (Å²) in [6.07, 6.45) is -1.15. The number of rotatable bonds is 10. The van der Waals surface area contributed by atoms with E-state index in [1.807, 2.05) is 13.8 Å². The van der Waals surface area contributed by atoms with Gasteiger partial charge in [0.05, 0.1) is 24.6 Å². The predicted octanol–water partition coefficient (Wildman–Crippen LogP) is -1.05. The third-order valence-corrected chi connectivity index (χ3v) is 2.94. The van der Waals surface area contributed by atoms with Crippen LogP contribution in [-0.4, -0.2) is 46.2 Å². The molecule has 0 aromatic carbocycles. The molecule has 0 saturated heterocycles. The highest BCUT2D eigenvalue weighted by atomic mass is 16.4. The molecule has 0 aromatic rings. The number of nitrogens with two attached hydrogens (primary N) is 2. The first kappa shape index (κ1) is 19.3. The lowest BCUT2D eigenvalue weighted by atomic mass is 9.96. The van der Waals surface area contributed by atoms with Crippen molar-refractivity contribution in [3.05, 3.63) is 0 Å². The lowest BCUT2D eigenvalue weighted by Crippen LogP contribution is -2.50. The molecule has 0 aromatic heterocycles. The normalized spacial score (nSPS) is 15.3. The van der Waals surface area contributed by atoms with Crippen molar-refractivity contribution in [3.8, 4) is 0 Å². The number of carboxylic acid groups (broad SMARTS) is 1. The molecule has 7 N–H and O–H groups in total. The van der Waals surface area contributed by atoms with Crippen LogP contribution in [0, 0.1) is 5.92 Å². The first-order valence-corrected chi connectivity index (χ1v) is 6.87. The van der Waals surface area contributed by atoms with Crippen LogP contribution in [-0.2, 0) is 14.4 Å². The number of nitrogens with one attached hydrogen (secondary N) is 1. The maximum atomic E-state index is 11.9. The number of aliphatic carboxylic acids is 1. The van der Waals surface area contributed by atoms with Gasteiger partial charge in [-0.3, -0.25) is 14.4 Å². The Labute approximate surface area is 123 Å². The van der Waals surface area contributed by atoms with Gasteiger partial charge in [-0.2, -0.15) is 0 Å². The van der Waals surface area contributed by atoms with Crippen LogP contribution < -0.4 is 16.8 Å². The van der Waals surface area contributed by atoms with Crippen molar-refractivity contribution in [1.29, 1.82) is 0 Å². The van der Waals surface area contributed by atoms with Gasteiger partial charge in [-0.1, -0.05) is 13.8 Å². The molecule has 21 heavy (non-hydrogen) atoms. The fraction of sp³-hybridized carbons (Fsp3) is 0.769. The van der Waals surface area contributed by atoms with Crippen LogP contribution in [0.15, 0.2) is 0 Å². The van der Waals surface area contributed by atoms with E-state index in [9.17, 15) is 19.5 Å². The highest BCUT2D eigenvalue weighted by Crippen LogP contribution is 2.11. The molecule has 0 aliphatic rings. The molecule has 0 bridgehead atoms. The van der Waals surface area contributed by atoms with E-state index in [1.165, 1.54) is 0 Å². The standard InChI is InChI=1S/C13H25N3O5/c1-7(2)5-9(10(17)6-12(19)20)16-13(21)8(14)3-4-11(15)18/h7-10,17H,3-6,14H2,1-2H3,(H2,15,18)(H,16,21)(H,19,20)/t8-,9-,10-/m0/s1. The van der Waals surface area contributed by atoms with Crippen LogP contribution in [0.1, 0.15) is 39.5 Å². The molecular formula is C13H25N3O5. The number of carbonyl (C=O) groups excluding carboxylic acids is 2. The number of aliphatic hydroxyl groups excluding tert-OH is 1. The van der Waals surface area contributed by atoms with Gasteiger partial charge in [0.25, 0.3) is 0 Å². The number of carbonyl (C=O) groups is 3. The topological polar surface area (TPSA) is 156 Å². The highest BCUT2D eigenvalue weighted by molar-refractivity contribution is 5.83. The smallest absolute Gasteiger partial charge is 0.306 e. The second-order valence-corrected chi connectivity index (χ2v) is 5.52. The molecule has 0 unspecified atom stereocenters. The summed E-state index contributed by atoms with van der Waals surface area (Å²) in [6, 6.07) is -1.63. The molecule has 0 aliphatic carbocycles. The van der Waals surface area contributed by atoms with E-state index in [0.717, 1.165) is 0 Å². The Morgan fingerprint density at radius 2 is 1.81 bits per heavy atom. The minimum atomic E-state index is -1.20. The first-order chi connectivity index (χ1) is 9.63. The average molecular weight is 303 g/mol. The fourth-order valence-electron chi connectivity index (χ4n) is 1.86. The van der Waals surface area contributed by atoms with Crippen molar-refractivity contribution in [1.82, 2.24) is 5.32 Å². The first-order valence-electron chi connectivity index (χ1n) is 6.87. The van der Waals surface area contributed by atoms with E-state index in [-0.39, 0.29) is 18.8 Å². The van der Waals surface area contributed by atoms with Crippen LogP contribution in [0.3, 0.4) is 0 Å². The Hall–Kier alpha value is -1.67. The highest BCUT2D eigenvalue weighted by Gasteiger charge is 2.26. The van der Waals surface area contributed by atoms with Gasteiger partial charge < -0.3 is 27.0 Å². The van der Waals surface area contributed by atoms with E-state index >= 15 is 0 Å². The maximum absolute atomic E-state index is 11.9. The van der Waals surface area contributed by atoms with Gasteiger partial charge in [-0.15, -0.1) is 0 Å². The van der Waals surface area contributed by atoms with E-state index in [4.69, 9.17) is 16.6 Å². The second kappa shape index (κ2) is 9.30. The summed E-state index contributed by atoms with van der Waals surface area (Å²) in [5.41, 5.74) is 10.6. The zero-order valence-electron chi connectivity index (χ0n) is 12.4. The van der Waals surface area contributed by atoms with Gasteiger partial charge in [0, 0.05) is 6.42 Å². The van der Waals surface area contributed by atoms with Gasteiger partial charge in [0.2, 0.25) is 11.8 Å². The molecule has 2 amide bonds. The average Bonchev–Trinajstić information content (AvgIpc) is 2.33. The Kier molecular flexibility index (Phi) is 8.56. The Morgan fingerprint density at radius 3 is 2.24 bits per heavy atom. The molecule has 8 heteroatoms. The van der Waals surface area contributed by atoms with Gasteiger partial charge in [0.15, 0.2) is 0 Å². The van der Waals surface area contributed by atoms with Crippen LogP contribution in [0.5, 0.6) is 0 Å². The van der Waals surface area contributed by atoms with Gasteiger partial charge >= 0.3 is 5.97 Å². The number of hydrogen-bond donors (Lipinski definition) is 5. The van der Waals surface area contributed by atoms with Crippen LogP contribution in [0.2, 0.25) is 0 Å². The minimum absolute atomic E-state index is 0.0128. The molecule has 0 fully saturated rings. The van der Waals surface area contributed by atoms with Crippen molar-refractivity contribution in [2.24, 2.45) is 17.4 Å². The van der Waals surface area contributed by atoms with Gasteiger partial charge in [-0.25, -0.2) is 0 Å². The SMILES string of the molecule is CC(C)C[C@H](NC(=O)[C@@H](N)CCC(N)=O)[C@@H](O)CC(=O)O. The lowest BCUT2D eigenvalue weighted by molar-refractivity contribution is -0.140. The Bertz CT molecular complexity index is 373.